The fraction of sp³-hybridized carbons (Fsp3) is 0.529. The fourth-order valence-corrected chi connectivity index (χ4v) is 3.18. The molecule has 0 spiro atoms. The number of benzene rings is 1. The zero-order valence-electron chi connectivity index (χ0n) is 13.6. The molecule has 1 aliphatic heterocycles. The molecule has 0 aliphatic carbocycles. The molecule has 1 fully saturated rings. The second-order valence-corrected chi connectivity index (χ2v) is 6.64. The Labute approximate surface area is 135 Å². The Hall–Kier alpha value is -1.79. The van der Waals surface area contributed by atoms with Crippen molar-refractivity contribution in [3.63, 3.8) is 0 Å². The van der Waals surface area contributed by atoms with Crippen LogP contribution in [0.2, 0.25) is 0 Å². The summed E-state index contributed by atoms with van der Waals surface area (Å²) >= 11 is 0. The minimum atomic E-state index is -0.369. The average molecular weight is 318 g/mol. The van der Waals surface area contributed by atoms with Crippen LogP contribution < -0.4 is 0 Å². The quantitative estimate of drug-likeness (QED) is 0.920. The van der Waals surface area contributed by atoms with Crippen molar-refractivity contribution in [2.24, 2.45) is 5.92 Å². The van der Waals surface area contributed by atoms with Crippen LogP contribution in [0, 0.1) is 11.7 Å². The number of likely N-dealkylation sites (tertiary alicyclic amines) is 1. The number of aliphatic hydroxyl groups is 1. The number of nitrogens with zero attached hydrogens (tertiary/aromatic N) is 4. The first kappa shape index (κ1) is 16.1. The number of hydrogen-bond donors (Lipinski definition) is 1. The van der Waals surface area contributed by atoms with Gasteiger partial charge in [0.15, 0.2) is 0 Å². The van der Waals surface area contributed by atoms with Gasteiger partial charge < -0.3 is 5.11 Å². The minimum Gasteiger partial charge on any atom is -0.392 e. The molecule has 1 aliphatic rings. The van der Waals surface area contributed by atoms with Crippen LogP contribution in [0.5, 0.6) is 0 Å². The number of aromatic nitrogens is 3. The topological polar surface area (TPSA) is 54.2 Å². The molecule has 0 unspecified atom stereocenters. The van der Waals surface area contributed by atoms with Crippen molar-refractivity contribution in [1.29, 1.82) is 0 Å². The molecule has 0 bridgehead atoms. The van der Waals surface area contributed by atoms with E-state index in [4.69, 9.17) is 0 Å². The van der Waals surface area contributed by atoms with E-state index >= 15 is 0 Å². The van der Waals surface area contributed by atoms with E-state index in [0.717, 1.165) is 17.9 Å². The first-order valence-electron chi connectivity index (χ1n) is 8.07. The molecule has 124 valence electrons. The molecular formula is C17H23FN4O. The smallest absolute Gasteiger partial charge is 0.141 e. The summed E-state index contributed by atoms with van der Waals surface area (Å²) in [5.41, 5.74) is 1.03. The van der Waals surface area contributed by atoms with Crippen LogP contribution in [0.3, 0.4) is 0 Å². The van der Waals surface area contributed by atoms with Crippen molar-refractivity contribution in [1.82, 2.24) is 19.7 Å². The van der Waals surface area contributed by atoms with Gasteiger partial charge >= 0.3 is 0 Å². The van der Waals surface area contributed by atoms with E-state index in [1.54, 1.807) is 18.5 Å². The molecule has 0 radical (unpaired) electrons. The molecule has 1 aromatic heterocycles. The van der Waals surface area contributed by atoms with Crippen molar-refractivity contribution in [3.8, 4) is 0 Å². The first-order valence-corrected chi connectivity index (χ1v) is 8.07. The van der Waals surface area contributed by atoms with Crippen LogP contribution in [-0.2, 0) is 13.1 Å². The second kappa shape index (κ2) is 6.76. The van der Waals surface area contributed by atoms with E-state index in [1.165, 1.54) is 12.1 Å². The third-order valence-electron chi connectivity index (χ3n) is 4.21. The Bertz CT molecular complexity index is 640. The number of halogens is 1. The highest BCUT2D eigenvalue weighted by atomic mass is 19.1. The molecule has 2 heterocycles. The summed E-state index contributed by atoms with van der Waals surface area (Å²) in [6.07, 6.45) is 1.87. The van der Waals surface area contributed by atoms with Crippen LogP contribution >= 0.6 is 0 Å². The zero-order valence-corrected chi connectivity index (χ0v) is 13.6. The van der Waals surface area contributed by atoms with Gasteiger partial charge in [0, 0.05) is 19.1 Å². The summed E-state index contributed by atoms with van der Waals surface area (Å²) in [7, 11) is 0. The summed E-state index contributed by atoms with van der Waals surface area (Å²) in [4.78, 5) is 6.56. The summed E-state index contributed by atoms with van der Waals surface area (Å²) in [6.45, 7) is 6.34. The van der Waals surface area contributed by atoms with Gasteiger partial charge in [-0.05, 0) is 30.0 Å². The third kappa shape index (κ3) is 3.76. The van der Waals surface area contributed by atoms with E-state index in [-0.39, 0.29) is 18.0 Å². The molecule has 5 nitrogen and oxygen atoms in total. The maximum Gasteiger partial charge on any atom is 0.141 e. The Balaban J connectivity index is 1.78. The predicted molar refractivity (Wildman–Crippen MR) is 85.0 cm³/mol. The predicted octanol–water partition coefficient (Wildman–Crippen LogP) is 2.38. The molecule has 1 aromatic carbocycles. The SMILES string of the molecule is CC(C)Cn1ncnc1CN1C[C@H](O)C[C@@H]1c1ccc(F)cc1. The summed E-state index contributed by atoms with van der Waals surface area (Å²) < 4.78 is 15.1. The molecule has 2 atom stereocenters. The van der Waals surface area contributed by atoms with Crippen molar-refractivity contribution in [2.75, 3.05) is 6.54 Å². The second-order valence-electron chi connectivity index (χ2n) is 6.64. The minimum absolute atomic E-state index is 0.0785. The molecule has 1 saturated heterocycles. The Morgan fingerprint density at radius 2 is 2.04 bits per heavy atom. The van der Waals surface area contributed by atoms with Crippen LogP contribution in [0.4, 0.5) is 4.39 Å². The van der Waals surface area contributed by atoms with E-state index in [2.05, 4.69) is 28.8 Å². The van der Waals surface area contributed by atoms with Gasteiger partial charge in [0.1, 0.15) is 18.0 Å². The van der Waals surface area contributed by atoms with Crippen LogP contribution in [0.1, 0.15) is 37.7 Å². The number of hydrogen-bond acceptors (Lipinski definition) is 4. The average Bonchev–Trinajstić information content (AvgIpc) is 3.07. The highest BCUT2D eigenvalue weighted by Crippen LogP contribution is 2.33. The Kier molecular flexibility index (Phi) is 4.73. The highest BCUT2D eigenvalue weighted by molar-refractivity contribution is 5.21. The van der Waals surface area contributed by atoms with Gasteiger partial charge in [-0.15, -0.1) is 0 Å². The van der Waals surface area contributed by atoms with Gasteiger partial charge in [0.05, 0.1) is 12.6 Å². The lowest BCUT2D eigenvalue weighted by molar-refractivity contribution is 0.170. The van der Waals surface area contributed by atoms with Crippen LogP contribution in [0.15, 0.2) is 30.6 Å². The largest absolute Gasteiger partial charge is 0.392 e. The molecule has 3 rings (SSSR count). The molecule has 0 saturated carbocycles. The summed E-state index contributed by atoms with van der Waals surface area (Å²) in [5, 5.41) is 14.4. The van der Waals surface area contributed by atoms with E-state index < -0.39 is 0 Å². The zero-order chi connectivity index (χ0) is 16.4. The highest BCUT2D eigenvalue weighted by Gasteiger charge is 2.32. The van der Waals surface area contributed by atoms with Crippen LogP contribution in [0.25, 0.3) is 0 Å². The van der Waals surface area contributed by atoms with Crippen molar-refractivity contribution < 1.29 is 9.50 Å². The normalized spacial score (nSPS) is 22.1. The van der Waals surface area contributed by atoms with Gasteiger partial charge in [0.2, 0.25) is 0 Å². The van der Waals surface area contributed by atoms with Gasteiger partial charge in [0.25, 0.3) is 0 Å². The molecule has 2 aromatic rings. The number of aliphatic hydroxyl groups excluding tert-OH is 1. The lowest BCUT2D eigenvalue weighted by atomic mass is 10.0. The van der Waals surface area contributed by atoms with E-state index in [1.807, 2.05) is 4.68 Å². The summed E-state index contributed by atoms with van der Waals surface area (Å²) in [5.74, 6) is 1.16. The van der Waals surface area contributed by atoms with E-state index in [9.17, 15) is 9.50 Å². The van der Waals surface area contributed by atoms with Gasteiger partial charge in [-0.2, -0.15) is 5.10 Å². The molecule has 1 N–H and O–H groups in total. The van der Waals surface area contributed by atoms with Gasteiger partial charge in [-0.3, -0.25) is 4.90 Å². The van der Waals surface area contributed by atoms with Crippen LogP contribution in [-0.4, -0.2) is 37.4 Å². The molecule has 23 heavy (non-hydrogen) atoms. The molecule has 6 heteroatoms. The standard InChI is InChI=1S/C17H23FN4O/c1-12(2)8-22-17(19-11-20-22)10-21-9-15(23)7-16(21)13-3-5-14(18)6-4-13/h3-6,11-12,15-16,23H,7-10H2,1-2H3/t15-,16-/m1/s1. The summed E-state index contributed by atoms with van der Waals surface area (Å²) in [6, 6.07) is 6.61. The maximum atomic E-state index is 13.1. The maximum absolute atomic E-state index is 13.1. The Morgan fingerprint density at radius 1 is 1.30 bits per heavy atom. The molecule has 0 amide bonds. The lowest BCUT2D eigenvalue weighted by Gasteiger charge is -2.24. The number of β-amino-alcohol motifs (C(OH)–C–C–N with tert-alkyl or cyclic N) is 1. The molecular weight excluding hydrogens is 295 g/mol. The first-order chi connectivity index (χ1) is 11.0. The fourth-order valence-electron chi connectivity index (χ4n) is 3.18. The van der Waals surface area contributed by atoms with Gasteiger partial charge in [-0.25, -0.2) is 14.1 Å². The van der Waals surface area contributed by atoms with Crippen molar-refractivity contribution >= 4 is 0 Å². The lowest BCUT2D eigenvalue weighted by Crippen LogP contribution is -2.26. The van der Waals surface area contributed by atoms with Crippen molar-refractivity contribution in [3.05, 3.63) is 47.8 Å². The Morgan fingerprint density at radius 3 is 2.74 bits per heavy atom. The number of rotatable bonds is 5. The third-order valence-corrected chi connectivity index (χ3v) is 4.21. The van der Waals surface area contributed by atoms with Gasteiger partial charge in [-0.1, -0.05) is 26.0 Å². The monoisotopic (exact) mass is 318 g/mol. The van der Waals surface area contributed by atoms with E-state index in [0.29, 0.717) is 25.4 Å². The van der Waals surface area contributed by atoms with Crippen molar-refractivity contribution in [2.45, 2.75) is 45.5 Å².